The number of hydrogen-bond acceptors (Lipinski definition) is 2. The highest BCUT2D eigenvalue weighted by Gasteiger charge is 2.49. The molecule has 3 atom stereocenters. The minimum atomic E-state index is -4.28. The van der Waals surface area contributed by atoms with Crippen LogP contribution in [-0.2, 0) is 4.79 Å². The van der Waals surface area contributed by atoms with Crippen LogP contribution in [-0.4, -0.2) is 41.8 Å². The molecule has 0 bridgehead atoms. The minimum Gasteiger partial charge on any atom is -0.396 e. The van der Waals surface area contributed by atoms with E-state index in [-0.39, 0.29) is 24.9 Å². The lowest BCUT2D eigenvalue weighted by molar-refractivity contribution is -0.201. The Labute approximate surface area is 117 Å². The molecule has 0 aromatic rings. The molecule has 0 radical (unpaired) electrons. The number of piperidine rings is 1. The summed E-state index contributed by atoms with van der Waals surface area (Å²) in [4.78, 5) is 14.0. The van der Waals surface area contributed by atoms with E-state index in [9.17, 15) is 18.0 Å². The van der Waals surface area contributed by atoms with Gasteiger partial charge in [0.15, 0.2) is 0 Å². The number of aliphatic hydroxyl groups excluding tert-OH is 1. The van der Waals surface area contributed by atoms with Gasteiger partial charge in [-0.15, -0.1) is 0 Å². The Morgan fingerprint density at radius 2 is 1.85 bits per heavy atom. The predicted molar refractivity (Wildman–Crippen MR) is 67.9 cm³/mol. The van der Waals surface area contributed by atoms with Gasteiger partial charge in [0.25, 0.3) is 0 Å². The van der Waals surface area contributed by atoms with Gasteiger partial charge in [-0.1, -0.05) is 12.8 Å². The molecule has 3 nitrogen and oxygen atoms in total. The van der Waals surface area contributed by atoms with Gasteiger partial charge in [-0.25, -0.2) is 0 Å². The van der Waals surface area contributed by atoms with Crippen LogP contribution < -0.4 is 0 Å². The lowest BCUT2D eigenvalue weighted by Gasteiger charge is -2.38. The Hall–Kier alpha value is -0.780. The van der Waals surface area contributed by atoms with Crippen LogP contribution in [0.25, 0.3) is 0 Å². The summed E-state index contributed by atoms with van der Waals surface area (Å²) in [6, 6.07) is 0. The topological polar surface area (TPSA) is 40.5 Å². The number of carbonyl (C=O) groups excluding carboxylic acids is 1. The Morgan fingerprint density at radius 1 is 1.15 bits per heavy atom. The third-order valence-corrected chi connectivity index (χ3v) is 4.59. The van der Waals surface area contributed by atoms with Crippen molar-refractivity contribution in [1.29, 1.82) is 0 Å². The zero-order chi connectivity index (χ0) is 14.8. The van der Waals surface area contributed by atoms with E-state index >= 15 is 0 Å². The normalized spacial score (nSPS) is 32.2. The molecular formula is C14H22F3NO2. The highest BCUT2D eigenvalue weighted by atomic mass is 19.4. The Bertz CT molecular complexity index is 346. The van der Waals surface area contributed by atoms with Gasteiger partial charge >= 0.3 is 6.18 Å². The number of hydrogen-bond donors (Lipinski definition) is 1. The quantitative estimate of drug-likeness (QED) is 0.850. The number of likely N-dealkylation sites (tertiary alicyclic amines) is 1. The summed E-state index contributed by atoms with van der Waals surface area (Å²) in [5.41, 5.74) is 0. The molecule has 116 valence electrons. The minimum absolute atomic E-state index is 0.00283. The highest BCUT2D eigenvalue weighted by molar-refractivity contribution is 5.79. The smallest absolute Gasteiger partial charge is 0.392 e. The van der Waals surface area contributed by atoms with E-state index < -0.39 is 18.0 Å². The average molecular weight is 293 g/mol. The zero-order valence-corrected chi connectivity index (χ0v) is 11.5. The molecule has 2 fully saturated rings. The molecule has 0 aromatic heterocycles. The number of nitrogens with zero attached hydrogens (tertiary/aromatic N) is 1. The number of halogens is 3. The number of carbonyl (C=O) groups is 1. The molecule has 1 saturated heterocycles. The van der Waals surface area contributed by atoms with Crippen molar-refractivity contribution in [2.75, 3.05) is 19.7 Å². The van der Waals surface area contributed by atoms with Gasteiger partial charge in [0.1, 0.15) is 0 Å². The largest absolute Gasteiger partial charge is 0.396 e. The van der Waals surface area contributed by atoms with Gasteiger partial charge in [0.05, 0.1) is 5.92 Å². The van der Waals surface area contributed by atoms with Crippen LogP contribution in [0.1, 0.15) is 38.5 Å². The second kappa shape index (κ2) is 6.33. The Kier molecular flexibility index (Phi) is 4.94. The van der Waals surface area contributed by atoms with Crippen LogP contribution in [0.4, 0.5) is 13.2 Å². The van der Waals surface area contributed by atoms with Gasteiger partial charge < -0.3 is 10.0 Å². The molecule has 1 saturated carbocycles. The second-order valence-corrected chi connectivity index (χ2v) is 6.01. The molecular weight excluding hydrogens is 271 g/mol. The molecule has 1 N–H and O–H groups in total. The van der Waals surface area contributed by atoms with E-state index in [1.165, 1.54) is 0 Å². The molecule has 20 heavy (non-hydrogen) atoms. The van der Waals surface area contributed by atoms with Crippen LogP contribution in [0.2, 0.25) is 0 Å². The molecule has 0 spiro atoms. The van der Waals surface area contributed by atoms with Crippen LogP contribution in [0.3, 0.4) is 0 Å². The number of aliphatic hydroxyl groups is 1. The van der Waals surface area contributed by atoms with Gasteiger partial charge in [0, 0.05) is 25.6 Å². The van der Waals surface area contributed by atoms with E-state index in [2.05, 4.69) is 0 Å². The monoisotopic (exact) mass is 293 g/mol. The van der Waals surface area contributed by atoms with Crippen molar-refractivity contribution in [2.24, 2.45) is 17.8 Å². The standard InChI is InChI=1S/C14H22F3NO2/c15-14(16,17)12-6-2-1-5-11(12)13(20)18-7-3-4-10(8-18)9-19/h10-12,19H,1-9H2. The molecule has 1 aliphatic heterocycles. The summed E-state index contributed by atoms with van der Waals surface area (Å²) in [5.74, 6) is -2.75. The molecule has 0 aromatic carbocycles. The van der Waals surface area contributed by atoms with E-state index in [4.69, 9.17) is 5.11 Å². The van der Waals surface area contributed by atoms with Gasteiger partial charge in [0.2, 0.25) is 5.91 Å². The Balaban J connectivity index is 2.05. The van der Waals surface area contributed by atoms with Crippen molar-refractivity contribution in [3.05, 3.63) is 0 Å². The third kappa shape index (κ3) is 3.45. The van der Waals surface area contributed by atoms with E-state index in [1.807, 2.05) is 0 Å². The van der Waals surface area contributed by atoms with Gasteiger partial charge in [-0.3, -0.25) is 4.79 Å². The van der Waals surface area contributed by atoms with Crippen molar-refractivity contribution in [3.8, 4) is 0 Å². The number of rotatable bonds is 2. The third-order valence-electron chi connectivity index (χ3n) is 4.59. The molecule has 1 heterocycles. The zero-order valence-electron chi connectivity index (χ0n) is 11.5. The maximum Gasteiger partial charge on any atom is 0.392 e. The fourth-order valence-electron chi connectivity index (χ4n) is 3.47. The second-order valence-electron chi connectivity index (χ2n) is 6.01. The summed E-state index contributed by atoms with van der Waals surface area (Å²) >= 11 is 0. The van der Waals surface area contributed by atoms with Gasteiger partial charge in [-0.2, -0.15) is 13.2 Å². The Morgan fingerprint density at radius 3 is 2.50 bits per heavy atom. The summed E-state index contributed by atoms with van der Waals surface area (Å²) in [5, 5.41) is 9.16. The fraction of sp³-hybridized carbons (Fsp3) is 0.929. The molecule has 3 unspecified atom stereocenters. The summed E-state index contributed by atoms with van der Waals surface area (Å²) in [7, 11) is 0. The van der Waals surface area contributed by atoms with Crippen molar-refractivity contribution in [1.82, 2.24) is 4.90 Å². The first-order valence-corrected chi connectivity index (χ1v) is 7.40. The van der Waals surface area contributed by atoms with Crippen molar-refractivity contribution in [3.63, 3.8) is 0 Å². The summed E-state index contributed by atoms with van der Waals surface area (Å²) < 4.78 is 39.2. The first-order valence-electron chi connectivity index (χ1n) is 7.40. The number of amides is 1. The van der Waals surface area contributed by atoms with Crippen molar-refractivity contribution < 1.29 is 23.1 Å². The molecule has 1 amide bonds. The summed E-state index contributed by atoms with van der Waals surface area (Å²) in [6.07, 6.45) is -1.03. The van der Waals surface area contributed by atoms with Gasteiger partial charge in [-0.05, 0) is 31.6 Å². The molecule has 2 rings (SSSR count). The van der Waals surface area contributed by atoms with E-state index in [0.717, 1.165) is 12.8 Å². The van der Waals surface area contributed by atoms with Crippen molar-refractivity contribution in [2.45, 2.75) is 44.7 Å². The fourth-order valence-corrected chi connectivity index (χ4v) is 3.47. The molecule has 2 aliphatic rings. The lowest BCUT2D eigenvalue weighted by Crippen LogP contribution is -2.48. The van der Waals surface area contributed by atoms with Crippen LogP contribution in [0.5, 0.6) is 0 Å². The lowest BCUT2D eigenvalue weighted by atomic mass is 9.77. The molecule has 6 heteroatoms. The van der Waals surface area contributed by atoms with Crippen molar-refractivity contribution >= 4 is 5.91 Å². The average Bonchev–Trinajstić information content (AvgIpc) is 2.45. The maximum absolute atomic E-state index is 13.1. The van der Waals surface area contributed by atoms with E-state index in [1.54, 1.807) is 4.90 Å². The predicted octanol–water partition coefficient (Wildman–Crippen LogP) is 2.59. The van der Waals surface area contributed by atoms with Crippen LogP contribution in [0.15, 0.2) is 0 Å². The van der Waals surface area contributed by atoms with Crippen LogP contribution in [0, 0.1) is 17.8 Å². The van der Waals surface area contributed by atoms with E-state index in [0.29, 0.717) is 32.4 Å². The SMILES string of the molecule is O=C(C1CCCCC1C(F)(F)F)N1CCCC(CO)C1. The summed E-state index contributed by atoms with van der Waals surface area (Å²) in [6.45, 7) is 0.921. The number of alkyl halides is 3. The first kappa shape index (κ1) is 15.6. The first-order chi connectivity index (χ1) is 9.43. The van der Waals surface area contributed by atoms with Crippen LogP contribution >= 0.6 is 0 Å². The maximum atomic E-state index is 13.1. The highest BCUT2D eigenvalue weighted by Crippen LogP contribution is 2.42. The molecule has 1 aliphatic carbocycles.